The van der Waals surface area contributed by atoms with E-state index in [2.05, 4.69) is 17.4 Å². The maximum Gasteiger partial charge on any atom is 0.0417 e. The summed E-state index contributed by atoms with van der Waals surface area (Å²) in [6.45, 7) is 0. The van der Waals surface area contributed by atoms with Gasteiger partial charge in [0, 0.05) is 21.7 Å². The summed E-state index contributed by atoms with van der Waals surface area (Å²) in [5, 5.41) is 4.15. The van der Waals surface area contributed by atoms with Crippen LogP contribution in [0.4, 0.5) is 0 Å². The number of rotatable bonds is 1. The van der Waals surface area contributed by atoms with Crippen molar-refractivity contribution >= 4 is 23.4 Å². The van der Waals surface area contributed by atoms with Crippen molar-refractivity contribution in [3.8, 4) is 0 Å². The highest BCUT2D eigenvalue weighted by molar-refractivity contribution is 7.99. The lowest BCUT2D eigenvalue weighted by Gasteiger charge is -2.23. The van der Waals surface area contributed by atoms with E-state index in [0.29, 0.717) is 6.04 Å². The third-order valence-corrected chi connectivity index (χ3v) is 3.84. The van der Waals surface area contributed by atoms with Gasteiger partial charge in [0.2, 0.25) is 0 Å². The van der Waals surface area contributed by atoms with Crippen molar-refractivity contribution in [2.24, 2.45) is 0 Å². The van der Waals surface area contributed by atoms with Crippen LogP contribution in [0.25, 0.3) is 0 Å². The summed E-state index contributed by atoms with van der Waals surface area (Å²) in [6, 6.07) is 6.78. The van der Waals surface area contributed by atoms with Crippen LogP contribution in [-0.4, -0.2) is 18.8 Å². The van der Waals surface area contributed by atoms with Gasteiger partial charge in [-0.1, -0.05) is 17.7 Å². The molecule has 0 saturated carbocycles. The summed E-state index contributed by atoms with van der Waals surface area (Å²) in [5.74, 6) is 1.14. The van der Waals surface area contributed by atoms with Gasteiger partial charge < -0.3 is 5.32 Å². The molecule has 13 heavy (non-hydrogen) atoms. The summed E-state index contributed by atoms with van der Waals surface area (Å²) in [7, 11) is 2.02. The first-order chi connectivity index (χ1) is 6.29. The predicted octanol–water partition coefficient (Wildman–Crippen LogP) is 2.58. The molecule has 1 heterocycles. The number of hydrogen-bond donors (Lipinski definition) is 1. The second-order valence-corrected chi connectivity index (χ2v) is 4.75. The van der Waals surface area contributed by atoms with E-state index in [0.717, 1.165) is 17.2 Å². The minimum atomic E-state index is 0.610. The molecule has 1 aliphatic heterocycles. The maximum atomic E-state index is 5.92. The minimum Gasteiger partial charge on any atom is -0.316 e. The first kappa shape index (κ1) is 9.38. The van der Waals surface area contributed by atoms with Crippen LogP contribution in [-0.2, 0) is 6.42 Å². The van der Waals surface area contributed by atoms with E-state index < -0.39 is 0 Å². The van der Waals surface area contributed by atoms with Gasteiger partial charge in [-0.15, -0.1) is 11.8 Å². The Morgan fingerprint density at radius 2 is 2.38 bits per heavy atom. The van der Waals surface area contributed by atoms with Crippen molar-refractivity contribution in [1.29, 1.82) is 0 Å². The third kappa shape index (κ3) is 2.01. The molecule has 1 aromatic rings. The number of benzene rings is 1. The van der Waals surface area contributed by atoms with Gasteiger partial charge >= 0.3 is 0 Å². The van der Waals surface area contributed by atoms with Crippen LogP contribution in [0.1, 0.15) is 5.56 Å². The standard InChI is InChI=1S/C10H12ClNS/c1-12-9-4-7-2-3-8(11)5-10(7)13-6-9/h2-3,5,9,12H,4,6H2,1H3. The topological polar surface area (TPSA) is 12.0 Å². The van der Waals surface area contributed by atoms with Crippen molar-refractivity contribution in [2.45, 2.75) is 17.4 Å². The first-order valence-corrected chi connectivity index (χ1v) is 5.74. The Balaban J connectivity index is 2.26. The van der Waals surface area contributed by atoms with Crippen molar-refractivity contribution in [3.05, 3.63) is 28.8 Å². The van der Waals surface area contributed by atoms with Crippen LogP contribution in [0.2, 0.25) is 5.02 Å². The second kappa shape index (κ2) is 3.91. The number of halogens is 1. The molecule has 0 aromatic heterocycles. The van der Waals surface area contributed by atoms with Crippen molar-refractivity contribution in [3.63, 3.8) is 0 Å². The van der Waals surface area contributed by atoms with E-state index in [1.54, 1.807) is 0 Å². The Morgan fingerprint density at radius 1 is 1.54 bits per heavy atom. The van der Waals surface area contributed by atoms with Crippen LogP contribution >= 0.6 is 23.4 Å². The Morgan fingerprint density at radius 3 is 3.15 bits per heavy atom. The zero-order valence-corrected chi connectivity index (χ0v) is 9.08. The molecule has 1 unspecified atom stereocenters. The Kier molecular flexibility index (Phi) is 2.82. The normalized spacial score (nSPS) is 21.2. The monoisotopic (exact) mass is 213 g/mol. The van der Waals surface area contributed by atoms with Crippen LogP contribution in [0.15, 0.2) is 23.1 Å². The lowest BCUT2D eigenvalue weighted by molar-refractivity contribution is 0.605. The molecule has 0 aliphatic carbocycles. The van der Waals surface area contributed by atoms with Gasteiger partial charge in [0.15, 0.2) is 0 Å². The fourth-order valence-corrected chi connectivity index (χ4v) is 2.98. The predicted molar refractivity (Wildman–Crippen MR) is 58.7 cm³/mol. The van der Waals surface area contributed by atoms with Gasteiger partial charge in [-0.2, -0.15) is 0 Å². The van der Waals surface area contributed by atoms with E-state index >= 15 is 0 Å². The number of fused-ring (bicyclic) bond motifs is 1. The lowest BCUT2D eigenvalue weighted by Crippen LogP contribution is -2.32. The number of likely N-dealkylation sites (N-methyl/N-ethyl adjacent to an activating group) is 1. The molecule has 0 amide bonds. The van der Waals surface area contributed by atoms with E-state index in [4.69, 9.17) is 11.6 Å². The number of nitrogens with one attached hydrogen (secondary N) is 1. The largest absolute Gasteiger partial charge is 0.316 e. The molecule has 1 atom stereocenters. The fourth-order valence-electron chi connectivity index (χ4n) is 1.53. The molecule has 2 rings (SSSR count). The van der Waals surface area contributed by atoms with E-state index in [-0.39, 0.29) is 0 Å². The van der Waals surface area contributed by atoms with Gasteiger partial charge in [0.25, 0.3) is 0 Å². The van der Waals surface area contributed by atoms with Crippen molar-refractivity contribution in [1.82, 2.24) is 5.32 Å². The quantitative estimate of drug-likeness (QED) is 0.770. The Bertz CT molecular complexity index is 314. The number of thioether (sulfide) groups is 1. The molecule has 1 aliphatic rings. The molecule has 1 nitrogen and oxygen atoms in total. The summed E-state index contributed by atoms with van der Waals surface area (Å²) in [4.78, 5) is 1.35. The summed E-state index contributed by atoms with van der Waals surface area (Å²) < 4.78 is 0. The zero-order chi connectivity index (χ0) is 9.26. The van der Waals surface area contributed by atoms with Gasteiger partial charge in [0.05, 0.1) is 0 Å². The first-order valence-electron chi connectivity index (χ1n) is 4.38. The van der Waals surface area contributed by atoms with Crippen molar-refractivity contribution in [2.75, 3.05) is 12.8 Å². The van der Waals surface area contributed by atoms with Crippen molar-refractivity contribution < 1.29 is 0 Å². The van der Waals surface area contributed by atoms with E-state index in [9.17, 15) is 0 Å². The molecule has 0 saturated heterocycles. The Labute approximate surface area is 87.9 Å². The molecule has 0 radical (unpaired) electrons. The highest BCUT2D eigenvalue weighted by atomic mass is 35.5. The van der Waals surface area contributed by atoms with Gasteiger partial charge in [-0.25, -0.2) is 0 Å². The second-order valence-electron chi connectivity index (χ2n) is 3.25. The smallest absolute Gasteiger partial charge is 0.0417 e. The number of hydrogen-bond acceptors (Lipinski definition) is 2. The maximum absolute atomic E-state index is 5.92. The highest BCUT2D eigenvalue weighted by Crippen LogP contribution is 2.31. The van der Waals surface area contributed by atoms with E-state index in [1.807, 2.05) is 24.9 Å². The molecule has 0 bridgehead atoms. The van der Waals surface area contributed by atoms with Crippen LogP contribution < -0.4 is 5.32 Å². The average Bonchev–Trinajstić information content (AvgIpc) is 2.17. The molecule has 0 spiro atoms. The Hall–Kier alpha value is -0.180. The molecular weight excluding hydrogens is 202 g/mol. The molecule has 3 heteroatoms. The van der Waals surface area contributed by atoms with Gasteiger partial charge in [0.1, 0.15) is 0 Å². The highest BCUT2D eigenvalue weighted by Gasteiger charge is 2.17. The summed E-state index contributed by atoms with van der Waals surface area (Å²) in [5.41, 5.74) is 1.42. The van der Waals surface area contributed by atoms with Gasteiger partial charge in [-0.05, 0) is 31.2 Å². The molecule has 0 fully saturated rings. The fraction of sp³-hybridized carbons (Fsp3) is 0.400. The molecular formula is C10H12ClNS. The summed E-state index contributed by atoms with van der Waals surface area (Å²) >= 11 is 7.81. The molecule has 1 aromatic carbocycles. The van der Waals surface area contributed by atoms with Crippen LogP contribution in [0.3, 0.4) is 0 Å². The SMILES string of the molecule is CNC1CSc2cc(Cl)ccc2C1. The molecule has 70 valence electrons. The van der Waals surface area contributed by atoms with Crippen LogP contribution in [0.5, 0.6) is 0 Å². The third-order valence-electron chi connectivity index (χ3n) is 2.34. The molecule has 1 N–H and O–H groups in total. The summed E-state index contributed by atoms with van der Waals surface area (Å²) in [6.07, 6.45) is 1.12. The lowest BCUT2D eigenvalue weighted by atomic mass is 10.1. The van der Waals surface area contributed by atoms with E-state index in [1.165, 1.54) is 10.5 Å². The zero-order valence-electron chi connectivity index (χ0n) is 7.51. The minimum absolute atomic E-state index is 0.610. The average molecular weight is 214 g/mol. The van der Waals surface area contributed by atoms with Crippen LogP contribution in [0, 0.1) is 0 Å². The van der Waals surface area contributed by atoms with Gasteiger partial charge in [-0.3, -0.25) is 0 Å².